The smallest absolute Gasteiger partial charge is 0.223 e. The van der Waals surface area contributed by atoms with Crippen LogP contribution in [0.25, 0.3) is 0 Å². The fraction of sp³-hybridized carbons (Fsp3) is 0.708. The SMILES string of the molecule is COc1ccc(CN2C(=O)C[C@H]3[C@H](CNC4CCN(C)CC4)[C@@H](C)C[C@H]32)c(OC)c1. The predicted octanol–water partition coefficient (Wildman–Crippen LogP) is 2.76. The largest absolute Gasteiger partial charge is 0.497 e. The molecule has 3 fully saturated rings. The summed E-state index contributed by atoms with van der Waals surface area (Å²) in [5.41, 5.74) is 1.05. The molecule has 1 saturated carbocycles. The fourth-order valence-electron chi connectivity index (χ4n) is 5.83. The zero-order valence-electron chi connectivity index (χ0n) is 18.9. The average molecular weight is 416 g/mol. The number of piperidine rings is 1. The molecule has 6 nitrogen and oxygen atoms in total. The normalized spacial score (nSPS) is 30.0. The molecule has 4 rings (SSSR count). The van der Waals surface area contributed by atoms with Gasteiger partial charge < -0.3 is 24.6 Å². The number of methoxy groups -OCH3 is 2. The van der Waals surface area contributed by atoms with Gasteiger partial charge in [-0.1, -0.05) is 6.92 Å². The Morgan fingerprint density at radius 1 is 1.17 bits per heavy atom. The van der Waals surface area contributed by atoms with Gasteiger partial charge in [0.1, 0.15) is 11.5 Å². The highest BCUT2D eigenvalue weighted by Gasteiger charge is 2.50. The number of hydrogen-bond donors (Lipinski definition) is 1. The van der Waals surface area contributed by atoms with E-state index in [1.807, 2.05) is 18.2 Å². The van der Waals surface area contributed by atoms with Crippen molar-refractivity contribution in [1.29, 1.82) is 0 Å². The molecule has 3 aliphatic rings. The number of carbonyl (C=O) groups is 1. The van der Waals surface area contributed by atoms with Crippen molar-refractivity contribution in [3.63, 3.8) is 0 Å². The van der Waals surface area contributed by atoms with Crippen LogP contribution in [0, 0.1) is 17.8 Å². The lowest BCUT2D eigenvalue weighted by atomic mass is 9.88. The van der Waals surface area contributed by atoms with Crippen LogP contribution in [-0.4, -0.2) is 68.7 Å². The second kappa shape index (κ2) is 9.15. The van der Waals surface area contributed by atoms with E-state index in [-0.39, 0.29) is 0 Å². The first-order chi connectivity index (χ1) is 14.5. The molecule has 166 valence electrons. The highest BCUT2D eigenvalue weighted by molar-refractivity contribution is 5.79. The first-order valence-electron chi connectivity index (χ1n) is 11.4. The molecule has 0 spiro atoms. The average Bonchev–Trinajstić information content (AvgIpc) is 3.21. The lowest BCUT2D eigenvalue weighted by molar-refractivity contribution is -0.129. The topological polar surface area (TPSA) is 54.0 Å². The maximum absolute atomic E-state index is 12.9. The minimum Gasteiger partial charge on any atom is -0.497 e. The molecule has 0 aromatic heterocycles. The summed E-state index contributed by atoms with van der Waals surface area (Å²) in [7, 11) is 5.54. The van der Waals surface area contributed by atoms with Gasteiger partial charge in [0.2, 0.25) is 5.91 Å². The number of nitrogens with zero attached hydrogens (tertiary/aromatic N) is 2. The molecule has 0 radical (unpaired) electrons. The van der Waals surface area contributed by atoms with E-state index in [4.69, 9.17) is 9.47 Å². The standard InChI is InChI=1S/C24H37N3O3/c1-16-11-22-20(21(16)14-25-18-7-9-26(2)10-8-18)13-24(28)27(22)15-17-5-6-19(29-3)12-23(17)30-4/h5-6,12,16,18,20-22,25H,7-11,13-15H2,1-4H3/t16-,20-,21+,22+/m0/s1. The van der Waals surface area contributed by atoms with Crippen molar-refractivity contribution in [2.75, 3.05) is 40.9 Å². The van der Waals surface area contributed by atoms with Gasteiger partial charge in [-0.2, -0.15) is 0 Å². The van der Waals surface area contributed by atoms with Gasteiger partial charge in [-0.25, -0.2) is 0 Å². The fourth-order valence-corrected chi connectivity index (χ4v) is 5.83. The molecule has 30 heavy (non-hydrogen) atoms. The van der Waals surface area contributed by atoms with Crippen molar-refractivity contribution < 1.29 is 14.3 Å². The third kappa shape index (κ3) is 4.30. The van der Waals surface area contributed by atoms with E-state index < -0.39 is 0 Å². The number of benzene rings is 1. The molecule has 1 amide bonds. The minimum atomic E-state index is 0.291. The Kier molecular flexibility index (Phi) is 6.54. The molecule has 0 unspecified atom stereocenters. The summed E-state index contributed by atoms with van der Waals surface area (Å²) in [6, 6.07) is 6.85. The summed E-state index contributed by atoms with van der Waals surface area (Å²) in [5, 5.41) is 3.85. The minimum absolute atomic E-state index is 0.291. The van der Waals surface area contributed by atoms with Crippen LogP contribution in [0.4, 0.5) is 0 Å². The van der Waals surface area contributed by atoms with Crippen LogP contribution >= 0.6 is 0 Å². The van der Waals surface area contributed by atoms with Crippen LogP contribution < -0.4 is 14.8 Å². The van der Waals surface area contributed by atoms with E-state index in [0.29, 0.717) is 48.7 Å². The van der Waals surface area contributed by atoms with Crippen molar-refractivity contribution in [2.24, 2.45) is 17.8 Å². The van der Waals surface area contributed by atoms with Gasteiger partial charge in [-0.3, -0.25) is 4.79 Å². The molecule has 6 heteroatoms. The number of fused-ring (bicyclic) bond motifs is 1. The van der Waals surface area contributed by atoms with E-state index >= 15 is 0 Å². The number of amides is 1. The molecule has 2 aliphatic heterocycles. The van der Waals surface area contributed by atoms with Crippen LogP contribution in [0.2, 0.25) is 0 Å². The van der Waals surface area contributed by atoms with E-state index in [9.17, 15) is 4.79 Å². The molecule has 0 bridgehead atoms. The van der Waals surface area contributed by atoms with Gasteiger partial charge >= 0.3 is 0 Å². The first-order valence-corrected chi connectivity index (χ1v) is 11.4. The molecular weight excluding hydrogens is 378 g/mol. The van der Waals surface area contributed by atoms with Gasteiger partial charge in [-0.15, -0.1) is 0 Å². The lowest BCUT2D eigenvalue weighted by Gasteiger charge is -2.31. The highest BCUT2D eigenvalue weighted by atomic mass is 16.5. The van der Waals surface area contributed by atoms with Crippen LogP contribution in [0.1, 0.15) is 38.2 Å². The molecule has 4 atom stereocenters. The van der Waals surface area contributed by atoms with Crippen LogP contribution in [0.5, 0.6) is 11.5 Å². The Morgan fingerprint density at radius 2 is 1.93 bits per heavy atom. The number of rotatable bonds is 7. The Bertz CT molecular complexity index is 747. The summed E-state index contributed by atoms with van der Waals surface area (Å²) in [4.78, 5) is 17.5. The van der Waals surface area contributed by atoms with Crippen molar-refractivity contribution in [1.82, 2.24) is 15.1 Å². The second-order valence-corrected chi connectivity index (χ2v) is 9.50. The van der Waals surface area contributed by atoms with Crippen LogP contribution in [0.3, 0.4) is 0 Å². The Balaban J connectivity index is 1.40. The monoisotopic (exact) mass is 415 g/mol. The molecule has 1 aromatic carbocycles. The molecule has 2 heterocycles. The molecule has 1 aliphatic carbocycles. The Labute approximate surface area is 180 Å². The van der Waals surface area contributed by atoms with Gasteiger partial charge in [0.15, 0.2) is 0 Å². The van der Waals surface area contributed by atoms with Crippen LogP contribution in [-0.2, 0) is 11.3 Å². The Morgan fingerprint density at radius 3 is 2.63 bits per heavy atom. The zero-order valence-corrected chi connectivity index (χ0v) is 18.9. The number of hydrogen-bond acceptors (Lipinski definition) is 5. The first kappa shape index (κ1) is 21.4. The van der Waals surface area contributed by atoms with E-state index in [1.54, 1.807) is 14.2 Å². The lowest BCUT2D eigenvalue weighted by Crippen LogP contribution is -2.43. The molecular formula is C24H37N3O3. The van der Waals surface area contributed by atoms with Gasteiger partial charge in [0.05, 0.1) is 14.2 Å². The Hall–Kier alpha value is -1.79. The number of likely N-dealkylation sites (tertiary alicyclic amines) is 2. The van der Waals surface area contributed by atoms with Crippen molar-refractivity contribution in [2.45, 2.75) is 51.2 Å². The second-order valence-electron chi connectivity index (χ2n) is 9.50. The third-order valence-corrected chi connectivity index (χ3v) is 7.72. The summed E-state index contributed by atoms with van der Waals surface area (Å²) in [6.07, 6.45) is 4.25. The van der Waals surface area contributed by atoms with E-state index in [1.165, 1.54) is 25.9 Å². The molecule has 2 saturated heterocycles. The van der Waals surface area contributed by atoms with Gasteiger partial charge in [0.25, 0.3) is 0 Å². The van der Waals surface area contributed by atoms with E-state index in [0.717, 1.165) is 30.0 Å². The summed E-state index contributed by atoms with van der Waals surface area (Å²) >= 11 is 0. The highest BCUT2D eigenvalue weighted by Crippen LogP contribution is 2.46. The maximum Gasteiger partial charge on any atom is 0.223 e. The molecule has 1 aromatic rings. The predicted molar refractivity (Wildman–Crippen MR) is 118 cm³/mol. The van der Waals surface area contributed by atoms with Crippen molar-refractivity contribution >= 4 is 5.91 Å². The van der Waals surface area contributed by atoms with Crippen LogP contribution in [0.15, 0.2) is 18.2 Å². The van der Waals surface area contributed by atoms with E-state index in [2.05, 4.69) is 29.1 Å². The van der Waals surface area contributed by atoms with Crippen molar-refractivity contribution in [3.8, 4) is 11.5 Å². The number of carbonyl (C=O) groups excluding carboxylic acids is 1. The van der Waals surface area contributed by atoms with Gasteiger partial charge in [0, 0.05) is 36.7 Å². The van der Waals surface area contributed by atoms with Gasteiger partial charge in [-0.05, 0) is 75.8 Å². The van der Waals surface area contributed by atoms with Crippen molar-refractivity contribution in [3.05, 3.63) is 23.8 Å². The summed E-state index contributed by atoms with van der Waals surface area (Å²) in [6.45, 7) is 6.40. The number of ether oxygens (including phenoxy) is 2. The number of nitrogens with one attached hydrogen (secondary N) is 1. The summed E-state index contributed by atoms with van der Waals surface area (Å²) < 4.78 is 10.9. The quantitative estimate of drug-likeness (QED) is 0.742. The maximum atomic E-state index is 12.9. The molecule has 1 N–H and O–H groups in total. The zero-order chi connectivity index (χ0) is 21.3. The third-order valence-electron chi connectivity index (χ3n) is 7.72. The summed E-state index contributed by atoms with van der Waals surface area (Å²) in [5.74, 6) is 3.55.